The fourth-order valence-electron chi connectivity index (χ4n) is 0.574. The van der Waals surface area contributed by atoms with E-state index in [1.807, 2.05) is 13.8 Å². The molecule has 0 radical (unpaired) electrons. The van der Waals surface area contributed by atoms with E-state index in [-0.39, 0.29) is 12.5 Å². The van der Waals surface area contributed by atoms with Crippen molar-refractivity contribution >= 4 is 6.47 Å². The van der Waals surface area contributed by atoms with Crippen LogP contribution >= 0.6 is 0 Å². The summed E-state index contributed by atoms with van der Waals surface area (Å²) < 4.78 is 4.39. The summed E-state index contributed by atoms with van der Waals surface area (Å²) in [7, 11) is 0. The third kappa shape index (κ3) is 3.45. The van der Waals surface area contributed by atoms with Gasteiger partial charge in [0.2, 0.25) is 0 Å². The van der Waals surface area contributed by atoms with Gasteiger partial charge in [-0.3, -0.25) is 4.79 Å². The monoisotopic (exact) mass is 146 g/mol. The molecule has 0 amide bonds. The van der Waals surface area contributed by atoms with Crippen LogP contribution in [0.3, 0.4) is 0 Å². The van der Waals surface area contributed by atoms with Crippen LogP contribution in [0.25, 0.3) is 0 Å². The fraction of sp³-hybridized carbons (Fsp3) is 0.857. The van der Waals surface area contributed by atoms with Crippen LogP contribution in [-0.2, 0) is 9.53 Å². The number of rotatable bonds is 5. The Bertz CT molecular complexity index is 92.9. The number of aliphatic hydroxyl groups excluding tert-OH is 1. The minimum Gasteiger partial charge on any atom is -0.465 e. The number of ether oxygens (including phenoxy) is 1. The second-order valence-electron chi connectivity index (χ2n) is 2.38. The van der Waals surface area contributed by atoms with E-state index in [1.165, 1.54) is 0 Å². The average molecular weight is 146 g/mol. The predicted molar refractivity (Wildman–Crippen MR) is 37.5 cm³/mol. The number of hydrogen-bond donors (Lipinski definition) is 1. The lowest BCUT2D eigenvalue weighted by Gasteiger charge is -2.14. The molecule has 0 fully saturated rings. The molecule has 0 aliphatic carbocycles. The maximum absolute atomic E-state index is 9.69. The Balaban J connectivity index is 3.40. The molecular weight excluding hydrogens is 132 g/mol. The van der Waals surface area contributed by atoms with Gasteiger partial charge in [-0.2, -0.15) is 0 Å². The van der Waals surface area contributed by atoms with E-state index in [0.29, 0.717) is 6.47 Å². The summed E-state index contributed by atoms with van der Waals surface area (Å²) in [4.78, 5) is 9.69. The smallest absolute Gasteiger partial charge is 0.293 e. The standard InChI is InChI=1S/C7H14O3/c1-3-6(2)7(9)4-10-5-8/h5-7,9H,3-4H2,1-2H3. The van der Waals surface area contributed by atoms with Gasteiger partial charge in [-0.1, -0.05) is 20.3 Å². The molecule has 0 aromatic heterocycles. The average Bonchev–Trinajstić information content (AvgIpc) is 1.98. The van der Waals surface area contributed by atoms with Crippen molar-refractivity contribution in [1.29, 1.82) is 0 Å². The van der Waals surface area contributed by atoms with Crippen LogP contribution in [0.4, 0.5) is 0 Å². The van der Waals surface area contributed by atoms with Gasteiger partial charge in [0.15, 0.2) is 0 Å². The Labute approximate surface area is 61.0 Å². The summed E-state index contributed by atoms with van der Waals surface area (Å²) >= 11 is 0. The molecule has 60 valence electrons. The van der Waals surface area contributed by atoms with Crippen LogP contribution < -0.4 is 0 Å². The highest BCUT2D eigenvalue weighted by atomic mass is 16.5. The molecule has 0 aromatic carbocycles. The highest BCUT2D eigenvalue weighted by Gasteiger charge is 2.11. The van der Waals surface area contributed by atoms with Crippen molar-refractivity contribution in [1.82, 2.24) is 0 Å². The first-order valence-electron chi connectivity index (χ1n) is 3.45. The highest BCUT2D eigenvalue weighted by molar-refractivity contribution is 5.36. The number of aliphatic hydroxyl groups is 1. The second kappa shape index (κ2) is 5.23. The first-order chi connectivity index (χ1) is 4.72. The lowest BCUT2D eigenvalue weighted by Crippen LogP contribution is -2.22. The van der Waals surface area contributed by atoms with E-state index in [4.69, 9.17) is 5.11 Å². The van der Waals surface area contributed by atoms with Crippen LogP contribution in [0.1, 0.15) is 20.3 Å². The summed E-state index contributed by atoms with van der Waals surface area (Å²) in [5, 5.41) is 9.16. The molecular formula is C7H14O3. The number of carbonyl (C=O) groups excluding carboxylic acids is 1. The first-order valence-corrected chi connectivity index (χ1v) is 3.45. The van der Waals surface area contributed by atoms with Crippen molar-refractivity contribution in [2.45, 2.75) is 26.4 Å². The Morgan fingerprint density at radius 3 is 2.70 bits per heavy atom. The lowest BCUT2D eigenvalue weighted by molar-refractivity contribution is -0.132. The molecule has 0 aliphatic rings. The van der Waals surface area contributed by atoms with Gasteiger partial charge in [0.05, 0.1) is 6.10 Å². The summed E-state index contributed by atoms with van der Waals surface area (Å²) in [6, 6.07) is 0. The van der Waals surface area contributed by atoms with E-state index < -0.39 is 6.10 Å². The molecule has 0 saturated heterocycles. The molecule has 0 bridgehead atoms. The van der Waals surface area contributed by atoms with Crippen molar-refractivity contribution in [3.8, 4) is 0 Å². The Kier molecular flexibility index (Phi) is 4.94. The van der Waals surface area contributed by atoms with Gasteiger partial charge in [0.1, 0.15) is 6.61 Å². The van der Waals surface area contributed by atoms with E-state index in [2.05, 4.69) is 4.74 Å². The maximum Gasteiger partial charge on any atom is 0.293 e. The molecule has 3 nitrogen and oxygen atoms in total. The maximum atomic E-state index is 9.69. The largest absolute Gasteiger partial charge is 0.465 e. The van der Waals surface area contributed by atoms with Crippen LogP contribution in [-0.4, -0.2) is 24.3 Å². The molecule has 0 rings (SSSR count). The molecule has 3 heteroatoms. The van der Waals surface area contributed by atoms with E-state index in [0.717, 1.165) is 6.42 Å². The Morgan fingerprint density at radius 1 is 1.70 bits per heavy atom. The molecule has 0 aromatic rings. The minimum atomic E-state index is -0.518. The first kappa shape index (κ1) is 9.43. The number of carbonyl (C=O) groups is 1. The van der Waals surface area contributed by atoms with Crippen LogP contribution in [0.5, 0.6) is 0 Å². The van der Waals surface area contributed by atoms with Crippen LogP contribution in [0.15, 0.2) is 0 Å². The van der Waals surface area contributed by atoms with Gasteiger partial charge in [-0.05, 0) is 5.92 Å². The molecule has 10 heavy (non-hydrogen) atoms. The molecule has 0 aliphatic heterocycles. The Hall–Kier alpha value is -0.570. The van der Waals surface area contributed by atoms with Crippen molar-refractivity contribution in [2.24, 2.45) is 5.92 Å². The van der Waals surface area contributed by atoms with Crippen LogP contribution in [0, 0.1) is 5.92 Å². The number of hydrogen-bond acceptors (Lipinski definition) is 3. The third-order valence-electron chi connectivity index (χ3n) is 1.64. The van der Waals surface area contributed by atoms with E-state index in [9.17, 15) is 4.79 Å². The molecule has 0 saturated carbocycles. The summed E-state index contributed by atoms with van der Waals surface area (Å²) in [5.74, 6) is 0.194. The minimum absolute atomic E-state index is 0.110. The third-order valence-corrected chi connectivity index (χ3v) is 1.64. The summed E-state index contributed by atoms with van der Waals surface area (Å²) in [5.41, 5.74) is 0. The predicted octanol–water partition coefficient (Wildman–Crippen LogP) is 0.566. The van der Waals surface area contributed by atoms with Gasteiger partial charge in [0.25, 0.3) is 6.47 Å². The van der Waals surface area contributed by atoms with Gasteiger partial charge in [-0.25, -0.2) is 0 Å². The Morgan fingerprint density at radius 2 is 2.30 bits per heavy atom. The quantitative estimate of drug-likeness (QED) is 0.577. The SMILES string of the molecule is CCC(C)C(O)COC=O. The van der Waals surface area contributed by atoms with Gasteiger partial charge < -0.3 is 9.84 Å². The molecule has 2 atom stereocenters. The normalized spacial score (nSPS) is 15.9. The molecule has 0 heterocycles. The zero-order chi connectivity index (χ0) is 7.98. The van der Waals surface area contributed by atoms with Crippen molar-refractivity contribution in [3.05, 3.63) is 0 Å². The molecule has 2 unspecified atom stereocenters. The summed E-state index contributed by atoms with van der Waals surface area (Å²) in [6.07, 6.45) is 0.374. The second-order valence-corrected chi connectivity index (χ2v) is 2.38. The van der Waals surface area contributed by atoms with Crippen LogP contribution in [0.2, 0.25) is 0 Å². The van der Waals surface area contributed by atoms with Crippen molar-refractivity contribution in [3.63, 3.8) is 0 Å². The van der Waals surface area contributed by atoms with Crippen molar-refractivity contribution in [2.75, 3.05) is 6.61 Å². The zero-order valence-electron chi connectivity index (χ0n) is 6.41. The van der Waals surface area contributed by atoms with Gasteiger partial charge in [-0.15, -0.1) is 0 Å². The fourth-order valence-corrected chi connectivity index (χ4v) is 0.574. The summed E-state index contributed by atoms with van der Waals surface area (Å²) in [6.45, 7) is 4.36. The van der Waals surface area contributed by atoms with Gasteiger partial charge in [0, 0.05) is 0 Å². The van der Waals surface area contributed by atoms with Crippen molar-refractivity contribution < 1.29 is 14.6 Å². The topological polar surface area (TPSA) is 46.5 Å². The molecule has 0 spiro atoms. The lowest BCUT2D eigenvalue weighted by atomic mass is 10.0. The van der Waals surface area contributed by atoms with E-state index in [1.54, 1.807) is 0 Å². The highest BCUT2D eigenvalue weighted by Crippen LogP contribution is 2.06. The molecule has 1 N–H and O–H groups in total. The van der Waals surface area contributed by atoms with Gasteiger partial charge >= 0.3 is 0 Å². The van der Waals surface area contributed by atoms with E-state index >= 15 is 0 Å². The zero-order valence-corrected chi connectivity index (χ0v) is 6.41.